The molecule has 0 atom stereocenters. The van der Waals surface area contributed by atoms with Crippen molar-refractivity contribution < 1.29 is 9.32 Å². The number of nitrogens with zero attached hydrogens (tertiary/aromatic N) is 2. The van der Waals surface area contributed by atoms with Crippen LogP contribution in [-0.2, 0) is 0 Å². The predicted molar refractivity (Wildman–Crippen MR) is 88.3 cm³/mol. The third-order valence-corrected chi connectivity index (χ3v) is 3.79. The first-order valence-electron chi connectivity index (χ1n) is 7.33. The van der Waals surface area contributed by atoms with E-state index in [1.54, 1.807) is 19.1 Å². The largest absolute Gasteiger partial charge is 0.339 e. The summed E-state index contributed by atoms with van der Waals surface area (Å²) in [5, 5.41) is 6.80. The summed E-state index contributed by atoms with van der Waals surface area (Å²) in [6.45, 7) is 5.75. The Labute approximate surface area is 134 Å². The number of aromatic nitrogens is 2. The zero-order chi connectivity index (χ0) is 16.4. The molecule has 0 aliphatic heterocycles. The van der Waals surface area contributed by atoms with Crippen molar-refractivity contribution in [3.05, 3.63) is 65.0 Å². The van der Waals surface area contributed by atoms with Crippen molar-refractivity contribution in [1.82, 2.24) is 10.1 Å². The topological polar surface area (TPSA) is 68.0 Å². The molecule has 5 heteroatoms. The summed E-state index contributed by atoms with van der Waals surface area (Å²) in [4.78, 5) is 16.5. The summed E-state index contributed by atoms with van der Waals surface area (Å²) >= 11 is 0. The number of nitrogens with one attached hydrogen (secondary N) is 1. The fourth-order valence-corrected chi connectivity index (χ4v) is 2.27. The van der Waals surface area contributed by atoms with Crippen LogP contribution in [0.3, 0.4) is 0 Å². The molecule has 1 aromatic heterocycles. The minimum Gasteiger partial charge on any atom is -0.339 e. The second-order valence-electron chi connectivity index (χ2n) is 5.42. The summed E-state index contributed by atoms with van der Waals surface area (Å²) < 4.78 is 4.96. The summed E-state index contributed by atoms with van der Waals surface area (Å²) in [6, 6.07) is 13.0. The number of benzene rings is 2. The molecular formula is C18H17N3O2. The fraction of sp³-hybridized carbons (Fsp3) is 0.167. The van der Waals surface area contributed by atoms with E-state index in [9.17, 15) is 4.79 Å². The van der Waals surface area contributed by atoms with Gasteiger partial charge in [0.1, 0.15) is 0 Å². The molecule has 3 rings (SSSR count). The van der Waals surface area contributed by atoms with E-state index in [1.165, 1.54) is 0 Å². The maximum absolute atomic E-state index is 12.4. The van der Waals surface area contributed by atoms with Crippen molar-refractivity contribution in [2.75, 3.05) is 5.32 Å². The Bertz CT molecular complexity index is 851. The molecule has 1 amide bonds. The first-order valence-corrected chi connectivity index (χ1v) is 7.33. The molecule has 0 spiro atoms. The van der Waals surface area contributed by atoms with Crippen LogP contribution in [0.25, 0.3) is 11.4 Å². The lowest BCUT2D eigenvalue weighted by molar-refractivity contribution is 0.102. The molecule has 0 aliphatic rings. The standard InChI is InChI=1S/C18H17N3O2/c1-11-5-4-6-16(12(11)2)20-18(22)15-9-7-14(8-10-15)17-19-13(3)23-21-17/h4-10H,1-3H3,(H,20,22). The molecule has 0 fully saturated rings. The number of carbonyl (C=O) groups excluding carboxylic acids is 1. The predicted octanol–water partition coefficient (Wildman–Crippen LogP) is 3.91. The van der Waals surface area contributed by atoms with Crippen LogP contribution < -0.4 is 5.32 Å². The van der Waals surface area contributed by atoms with E-state index in [-0.39, 0.29) is 5.91 Å². The van der Waals surface area contributed by atoms with E-state index in [1.807, 2.05) is 44.2 Å². The van der Waals surface area contributed by atoms with Gasteiger partial charge < -0.3 is 9.84 Å². The van der Waals surface area contributed by atoms with Crippen LogP contribution in [0.1, 0.15) is 27.4 Å². The number of aryl methyl sites for hydroxylation is 2. The van der Waals surface area contributed by atoms with Gasteiger partial charge in [-0.3, -0.25) is 4.79 Å². The van der Waals surface area contributed by atoms with Crippen molar-refractivity contribution in [1.29, 1.82) is 0 Å². The van der Waals surface area contributed by atoms with Gasteiger partial charge in [-0.05, 0) is 43.2 Å². The smallest absolute Gasteiger partial charge is 0.255 e. The molecule has 0 aliphatic carbocycles. The van der Waals surface area contributed by atoms with E-state index in [0.717, 1.165) is 22.4 Å². The van der Waals surface area contributed by atoms with E-state index >= 15 is 0 Å². The van der Waals surface area contributed by atoms with Crippen molar-refractivity contribution in [3.8, 4) is 11.4 Å². The second kappa shape index (κ2) is 6.04. The second-order valence-corrected chi connectivity index (χ2v) is 5.42. The molecule has 5 nitrogen and oxygen atoms in total. The molecule has 1 N–H and O–H groups in total. The quantitative estimate of drug-likeness (QED) is 0.796. The Morgan fingerprint density at radius 2 is 1.78 bits per heavy atom. The van der Waals surface area contributed by atoms with Gasteiger partial charge in [-0.15, -0.1) is 0 Å². The molecule has 0 bridgehead atoms. The molecule has 0 unspecified atom stereocenters. The van der Waals surface area contributed by atoms with Gasteiger partial charge >= 0.3 is 0 Å². The minimum atomic E-state index is -0.144. The summed E-state index contributed by atoms with van der Waals surface area (Å²) in [6.07, 6.45) is 0. The third kappa shape index (κ3) is 3.13. The maximum atomic E-state index is 12.4. The Morgan fingerprint density at radius 3 is 2.43 bits per heavy atom. The van der Waals surface area contributed by atoms with E-state index in [0.29, 0.717) is 17.3 Å². The van der Waals surface area contributed by atoms with Crippen molar-refractivity contribution >= 4 is 11.6 Å². The number of hydrogen-bond acceptors (Lipinski definition) is 4. The molecule has 23 heavy (non-hydrogen) atoms. The molecule has 2 aromatic carbocycles. The van der Waals surface area contributed by atoms with Gasteiger partial charge in [0.25, 0.3) is 5.91 Å². The van der Waals surface area contributed by atoms with E-state index < -0.39 is 0 Å². The van der Waals surface area contributed by atoms with E-state index in [2.05, 4.69) is 15.5 Å². The molecule has 0 saturated carbocycles. The van der Waals surface area contributed by atoms with Crippen LogP contribution in [0.2, 0.25) is 0 Å². The van der Waals surface area contributed by atoms with Crippen LogP contribution in [0.15, 0.2) is 47.0 Å². The van der Waals surface area contributed by atoms with Gasteiger partial charge in [0.2, 0.25) is 11.7 Å². The van der Waals surface area contributed by atoms with Gasteiger partial charge in [-0.25, -0.2) is 0 Å². The van der Waals surface area contributed by atoms with Crippen LogP contribution in [-0.4, -0.2) is 16.0 Å². The van der Waals surface area contributed by atoms with Crippen molar-refractivity contribution in [2.45, 2.75) is 20.8 Å². The summed E-state index contributed by atoms with van der Waals surface area (Å²) in [7, 11) is 0. The molecule has 1 heterocycles. The lowest BCUT2D eigenvalue weighted by Crippen LogP contribution is -2.12. The SMILES string of the molecule is Cc1nc(-c2ccc(C(=O)Nc3cccc(C)c3C)cc2)no1. The molecule has 116 valence electrons. The fourth-order valence-electron chi connectivity index (χ4n) is 2.27. The minimum absolute atomic E-state index is 0.144. The highest BCUT2D eigenvalue weighted by Gasteiger charge is 2.10. The van der Waals surface area contributed by atoms with Crippen LogP contribution >= 0.6 is 0 Å². The van der Waals surface area contributed by atoms with E-state index in [4.69, 9.17) is 4.52 Å². The maximum Gasteiger partial charge on any atom is 0.255 e. The number of carbonyl (C=O) groups is 1. The highest BCUT2D eigenvalue weighted by atomic mass is 16.5. The summed E-state index contributed by atoms with van der Waals surface area (Å²) in [5.41, 5.74) is 4.43. The zero-order valence-electron chi connectivity index (χ0n) is 13.3. The average Bonchev–Trinajstić information content (AvgIpc) is 2.98. The monoisotopic (exact) mass is 307 g/mol. The Hall–Kier alpha value is -2.95. The normalized spacial score (nSPS) is 10.6. The highest BCUT2D eigenvalue weighted by Crippen LogP contribution is 2.20. The van der Waals surface area contributed by atoms with Gasteiger partial charge in [0.05, 0.1) is 0 Å². The number of amides is 1. The van der Waals surface area contributed by atoms with Crippen molar-refractivity contribution in [2.24, 2.45) is 0 Å². The molecule has 0 saturated heterocycles. The third-order valence-electron chi connectivity index (χ3n) is 3.79. The number of rotatable bonds is 3. The van der Waals surface area contributed by atoms with Gasteiger partial charge in [-0.1, -0.05) is 29.4 Å². The molecule has 3 aromatic rings. The van der Waals surface area contributed by atoms with Crippen LogP contribution in [0.4, 0.5) is 5.69 Å². The average molecular weight is 307 g/mol. The number of anilines is 1. The van der Waals surface area contributed by atoms with Gasteiger partial charge in [0.15, 0.2) is 0 Å². The van der Waals surface area contributed by atoms with Gasteiger partial charge in [-0.2, -0.15) is 4.98 Å². The highest BCUT2D eigenvalue weighted by molar-refractivity contribution is 6.04. The first kappa shape index (κ1) is 15.0. The first-order chi connectivity index (χ1) is 11.0. The Balaban J connectivity index is 1.79. The van der Waals surface area contributed by atoms with Gasteiger partial charge in [0, 0.05) is 23.7 Å². The Kier molecular flexibility index (Phi) is 3.93. The molecule has 0 radical (unpaired) electrons. The Morgan fingerprint density at radius 1 is 1.04 bits per heavy atom. The lowest BCUT2D eigenvalue weighted by atomic mass is 10.1. The summed E-state index contributed by atoms with van der Waals surface area (Å²) in [5.74, 6) is 0.885. The number of hydrogen-bond donors (Lipinski definition) is 1. The van der Waals surface area contributed by atoms with Crippen molar-refractivity contribution in [3.63, 3.8) is 0 Å². The van der Waals surface area contributed by atoms with Crippen LogP contribution in [0, 0.1) is 20.8 Å². The lowest BCUT2D eigenvalue weighted by Gasteiger charge is -2.10. The molecular weight excluding hydrogens is 290 g/mol. The van der Waals surface area contributed by atoms with Crippen LogP contribution in [0.5, 0.6) is 0 Å². The zero-order valence-corrected chi connectivity index (χ0v) is 13.3.